The van der Waals surface area contributed by atoms with Crippen molar-refractivity contribution in [2.45, 2.75) is 130 Å². The van der Waals surface area contributed by atoms with Gasteiger partial charge in [-0.25, -0.2) is 10.4 Å². The molecule has 3 saturated heterocycles. The molecule has 3 aromatic heterocycles. The first-order valence-electron chi connectivity index (χ1n) is 25.3. The average molecular weight is 990 g/mol. The number of hydrogen-bond acceptors (Lipinski definition) is 12. The van der Waals surface area contributed by atoms with Crippen molar-refractivity contribution in [2.24, 2.45) is 17.3 Å². The van der Waals surface area contributed by atoms with Gasteiger partial charge in [0.1, 0.15) is 23.1 Å². The smallest absolute Gasteiger partial charge is 0.324 e. The van der Waals surface area contributed by atoms with Crippen LogP contribution in [0.3, 0.4) is 0 Å². The van der Waals surface area contributed by atoms with E-state index in [0.717, 1.165) is 63.5 Å². The zero-order valence-electron chi connectivity index (χ0n) is 43.1. The second-order valence-electron chi connectivity index (χ2n) is 21.3. The Morgan fingerprint density at radius 2 is 1.86 bits per heavy atom. The number of nitrogens with zero attached hydrogens (tertiary/aromatic N) is 7. The molecular weight excluding hydrogens is 919 g/mol. The van der Waals surface area contributed by atoms with E-state index in [-0.39, 0.29) is 43.4 Å². The van der Waals surface area contributed by atoms with Crippen LogP contribution in [0.2, 0.25) is 0 Å². The van der Waals surface area contributed by atoms with Gasteiger partial charge in [0.15, 0.2) is 0 Å². The number of rotatable bonds is 10. The summed E-state index contributed by atoms with van der Waals surface area (Å²) >= 11 is 1.47. The Balaban J connectivity index is 1.09. The van der Waals surface area contributed by atoms with Gasteiger partial charge in [0.2, 0.25) is 11.8 Å². The fraction of sp³-hybridized carbons (Fsp3) is 0.574. The fourth-order valence-electron chi connectivity index (χ4n) is 10.6. The van der Waals surface area contributed by atoms with Crippen LogP contribution < -0.4 is 10.7 Å². The van der Waals surface area contributed by atoms with E-state index >= 15 is 0 Å². The van der Waals surface area contributed by atoms with Gasteiger partial charge < -0.3 is 29.2 Å². The second kappa shape index (κ2) is 21.2. The number of carbonyl (C=O) groups excluding carboxylic acids is 5. The molecule has 0 aliphatic carbocycles. The van der Waals surface area contributed by atoms with Gasteiger partial charge in [-0.3, -0.25) is 38.9 Å². The topological polar surface area (TPSA) is 172 Å². The second-order valence-corrected chi connectivity index (χ2v) is 22.2. The van der Waals surface area contributed by atoms with E-state index in [2.05, 4.69) is 77.1 Å². The molecule has 0 saturated carbocycles. The molecule has 0 unspecified atom stereocenters. The van der Waals surface area contributed by atoms with Crippen LogP contribution >= 0.6 is 11.3 Å². The summed E-state index contributed by atoms with van der Waals surface area (Å²) < 4.78 is 14.3. The van der Waals surface area contributed by atoms with Crippen LogP contribution in [0.25, 0.3) is 32.7 Å². The van der Waals surface area contributed by atoms with E-state index in [0.29, 0.717) is 51.0 Å². The lowest BCUT2D eigenvalue weighted by Crippen LogP contribution is -2.62. The summed E-state index contributed by atoms with van der Waals surface area (Å²) in [7, 11) is 3.30. The minimum absolute atomic E-state index is 0.0612. The average Bonchev–Trinajstić information content (AvgIpc) is 4.09. The Kier molecular flexibility index (Phi) is 15.4. The van der Waals surface area contributed by atoms with Crippen molar-refractivity contribution in [1.82, 2.24) is 45.0 Å². The third-order valence-electron chi connectivity index (χ3n) is 14.8. The molecule has 3 fully saturated rings. The number of likely N-dealkylation sites (N-methyl/N-ethyl adjacent to an activating group) is 1. The highest BCUT2D eigenvalue weighted by atomic mass is 32.1. The predicted octanol–water partition coefficient (Wildman–Crippen LogP) is 6.02. The number of nitrogens with one attached hydrogen (secondary N) is 2. The molecule has 4 aromatic rings. The zero-order valence-corrected chi connectivity index (χ0v) is 43.9. The Hall–Kier alpha value is -5.67. The van der Waals surface area contributed by atoms with E-state index in [1.54, 1.807) is 25.3 Å². The highest BCUT2D eigenvalue weighted by molar-refractivity contribution is 7.13. The Morgan fingerprint density at radius 3 is 2.56 bits per heavy atom. The predicted molar refractivity (Wildman–Crippen MR) is 273 cm³/mol. The lowest BCUT2D eigenvalue weighted by molar-refractivity contribution is -0.155. The maximum Gasteiger partial charge on any atom is 0.324 e. The number of thiazole rings is 1. The number of cyclic esters (lactones) is 1. The monoisotopic (exact) mass is 990 g/mol. The molecule has 2 N–H and O–H groups in total. The van der Waals surface area contributed by atoms with Crippen molar-refractivity contribution >= 4 is 51.8 Å². The van der Waals surface area contributed by atoms with Gasteiger partial charge in [-0.1, -0.05) is 33.6 Å². The number of aryl methyl sites for hydroxylation is 1. The first-order chi connectivity index (χ1) is 33.8. The largest absolute Gasteiger partial charge is 0.464 e. The van der Waals surface area contributed by atoms with E-state index in [4.69, 9.17) is 19.4 Å². The number of likely N-dealkylation sites (tertiary alicyclic amines) is 2. The highest BCUT2D eigenvalue weighted by Gasteiger charge is 2.41. The molecule has 71 heavy (non-hydrogen) atoms. The van der Waals surface area contributed by atoms with E-state index in [9.17, 15) is 24.0 Å². The third-order valence-corrected chi connectivity index (χ3v) is 15.7. The number of amides is 4. The van der Waals surface area contributed by atoms with Crippen LogP contribution in [-0.4, -0.2) is 141 Å². The quantitative estimate of drug-likeness (QED) is 0.141. The highest BCUT2D eigenvalue weighted by Crippen LogP contribution is 2.42. The summed E-state index contributed by atoms with van der Waals surface area (Å²) in [5.41, 5.74) is 8.73. The molecule has 4 amide bonds. The first-order valence-corrected chi connectivity index (χ1v) is 26.1. The number of ether oxygens (including phenoxy) is 2. The maximum absolute atomic E-state index is 14.7. The zero-order chi connectivity index (χ0) is 50.9. The molecular formula is C54H71N9O7S. The molecule has 6 bridgehead atoms. The van der Waals surface area contributed by atoms with Gasteiger partial charge in [-0.15, -0.1) is 11.3 Å². The lowest BCUT2D eigenvalue weighted by atomic mass is 9.84. The number of esters is 1. The minimum atomic E-state index is -1.10. The van der Waals surface area contributed by atoms with Crippen molar-refractivity contribution in [3.63, 3.8) is 0 Å². The number of hydrazine groups is 1. The number of aromatic nitrogens is 3. The maximum atomic E-state index is 14.7. The van der Waals surface area contributed by atoms with Crippen molar-refractivity contribution < 1.29 is 33.4 Å². The number of pyridine rings is 1. The molecule has 380 valence electrons. The number of benzene rings is 1. The van der Waals surface area contributed by atoms with Crippen molar-refractivity contribution in [2.75, 3.05) is 53.5 Å². The van der Waals surface area contributed by atoms with Crippen LogP contribution in [0.1, 0.15) is 104 Å². The molecule has 1 aromatic carbocycles. The Morgan fingerprint density at radius 1 is 1.08 bits per heavy atom. The standard InChI is InChI=1S/C54H71N9O7S/c1-11-62-43-18-17-35-27-39(43)40(47(62)38-15-12-22-55-45(38)34(4)69-10)29-53(5,6)32-70-52(68)41-16-13-25-63(58-41)51(67)42(28-37-31-71-49(35)56-37)57-48(65)46(33(2)3)59(9)50(66)36-20-26-60(30-36)44(64)19-21-54(7,8)61-23-14-24-61/h12,15,17-18,22,27,31,33-34,36,41-42,46,58H,11,13-14,16,20,23-26,28-30,32H2,1-10H3,(H,57,65)/t34-,36-,41-,42-,46-/m0/s1. The fourth-order valence-corrected chi connectivity index (χ4v) is 11.4. The molecule has 17 heteroatoms. The van der Waals surface area contributed by atoms with Crippen LogP contribution in [0.5, 0.6) is 0 Å². The molecule has 4 aliphatic heterocycles. The summed E-state index contributed by atoms with van der Waals surface area (Å²) in [4.78, 5) is 85.9. The molecule has 4 aliphatic rings. The van der Waals surface area contributed by atoms with Crippen molar-refractivity contribution in [1.29, 1.82) is 0 Å². The SMILES string of the molecule is CCn1c(-c2cccnc2[C@H](C)OC)c2c3cc(ccc31)-c1nc(cs1)C[C@H](NC(=O)[C@H](C(C)C)N(C)C(=O)[C@H]1CCN(C(=O)C#CC(C)(C)N3CCC3)C1)C(=O)N1CCC[C@H](N1)C(=O)OCC(C)(C)C2. The van der Waals surface area contributed by atoms with Crippen LogP contribution in [0, 0.1) is 29.1 Å². The minimum Gasteiger partial charge on any atom is -0.464 e. The van der Waals surface area contributed by atoms with Crippen molar-refractivity contribution in [3.8, 4) is 33.7 Å². The van der Waals surface area contributed by atoms with E-state index in [1.807, 2.05) is 46.1 Å². The molecule has 16 nitrogen and oxygen atoms in total. The molecule has 0 radical (unpaired) electrons. The normalized spacial score (nSPS) is 21.7. The molecule has 0 spiro atoms. The number of carbonyl (C=O) groups is 5. The number of methoxy groups -OCH3 is 1. The summed E-state index contributed by atoms with van der Waals surface area (Å²) in [5, 5.41) is 8.20. The van der Waals surface area contributed by atoms with Crippen molar-refractivity contribution in [3.05, 3.63) is 58.9 Å². The van der Waals surface area contributed by atoms with Gasteiger partial charge in [-0.2, -0.15) is 0 Å². The van der Waals surface area contributed by atoms with Gasteiger partial charge >= 0.3 is 5.97 Å². The van der Waals surface area contributed by atoms with E-state index < -0.39 is 52.8 Å². The van der Waals surface area contributed by atoms with Gasteiger partial charge in [0.25, 0.3) is 11.8 Å². The molecule has 7 heterocycles. The summed E-state index contributed by atoms with van der Waals surface area (Å²) in [5.74, 6) is 3.19. The third kappa shape index (κ3) is 10.9. The summed E-state index contributed by atoms with van der Waals surface area (Å²) in [6.45, 7) is 19.7. The summed E-state index contributed by atoms with van der Waals surface area (Å²) in [6, 6.07) is 7.60. The Labute approximate surface area is 422 Å². The summed E-state index contributed by atoms with van der Waals surface area (Å²) in [6.07, 6.45) is 4.73. The van der Waals surface area contributed by atoms with Crippen LogP contribution in [0.15, 0.2) is 41.9 Å². The first kappa shape index (κ1) is 51.7. The van der Waals surface area contributed by atoms with Crippen LogP contribution in [-0.2, 0) is 52.8 Å². The molecule has 5 atom stereocenters. The van der Waals surface area contributed by atoms with Gasteiger partial charge in [-0.05, 0) is 108 Å². The van der Waals surface area contributed by atoms with Crippen LogP contribution in [0.4, 0.5) is 0 Å². The van der Waals surface area contributed by atoms with Gasteiger partial charge in [0.05, 0.1) is 41.2 Å². The molecule has 8 rings (SSSR count). The number of hydrogen-bond donors (Lipinski definition) is 2. The Bertz CT molecular complexity index is 2730. The van der Waals surface area contributed by atoms with E-state index in [1.165, 1.54) is 21.2 Å². The number of fused-ring (bicyclic) bond motifs is 6. The van der Waals surface area contributed by atoms with Gasteiger partial charge in [0, 0.05) is 98.9 Å². The lowest BCUT2D eigenvalue weighted by Gasteiger charge is -2.41.